The summed E-state index contributed by atoms with van der Waals surface area (Å²) in [6.07, 6.45) is 0. The van der Waals surface area contributed by atoms with E-state index in [-0.39, 0.29) is 17.7 Å². The van der Waals surface area contributed by atoms with E-state index in [4.69, 9.17) is 4.74 Å². The van der Waals surface area contributed by atoms with E-state index in [1.807, 2.05) is 90.7 Å². The van der Waals surface area contributed by atoms with Crippen molar-refractivity contribution in [1.29, 1.82) is 0 Å². The molecule has 3 aromatic carbocycles. The van der Waals surface area contributed by atoms with E-state index in [0.717, 1.165) is 22.5 Å². The maximum absolute atomic E-state index is 13.5. The molecule has 1 aliphatic heterocycles. The average molecular weight is 444 g/mol. The summed E-state index contributed by atoms with van der Waals surface area (Å²) in [6, 6.07) is 25.3. The van der Waals surface area contributed by atoms with Crippen molar-refractivity contribution in [3.8, 4) is 11.4 Å². The van der Waals surface area contributed by atoms with Gasteiger partial charge in [-0.1, -0.05) is 72.4 Å². The lowest BCUT2D eigenvalue weighted by atomic mass is 10.0. The Morgan fingerprint density at radius 1 is 1.00 bits per heavy atom. The number of anilines is 1. The first kappa shape index (κ1) is 20.3. The minimum Gasteiger partial charge on any atom is -0.489 e. The molecule has 0 saturated heterocycles. The van der Waals surface area contributed by atoms with Crippen LogP contribution in [0, 0.1) is 6.92 Å². The molecular formula is C24H21N5O2S. The first-order chi connectivity index (χ1) is 15.7. The van der Waals surface area contributed by atoms with Gasteiger partial charge in [0.15, 0.2) is 0 Å². The quantitative estimate of drug-likeness (QED) is 0.430. The zero-order chi connectivity index (χ0) is 21.9. The Morgan fingerprint density at radius 2 is 1.72 bits per heavy atom. The van der Waals surface area contributed by atoms with Gasteiger partial charge in [0.05, 0.1) is 23.2 Å². The van der Waals surface area contributed by atoms with Gasteiger partial charge in [0.1, 0.15) is 12.4 Å². The molecule has 1 aromatic heterocycles. The summed E-state index contributed by atoms with van der Waals surface area (Å²) in [7, 11) is 0. The van der Waals surface area contributed by atoms with Crippen LogP contribution in [0.1, 0.15) is 17.2 Å². The molecule has 0 spiro atoms. The van der Waals surface area contributed by atoms with Gasteiger partial charge in [-0.05, 0) is 46.7 Å². The number of aryl methyl sites for hydroxylation is 1. The lowest BCUT2D eigenvalue weighted by molar-refractivity contribution is -0.117. The van der Waals surface area contributed by atoms with Crippen LogP contribution in [-0.2, 0) is 4.79 Å². The van der Waals surface area contributed by atoms with Crippen molar-refractivity contribution < 1.29 is 9.53 Å². The molecule has 4 aromatic rings. The summed E-state index contributed by atoms with van der Waals surface area (Å²) in [5.41, 5.74) is 3.76. The summed E-state index contributed by atoms with van der Waals surface area (Å²) in [4.78, 5) is 15.4. The van der Waals surface area contributed by atoms with Crippen LogP contribution in [0.5, 0.6) is 5.75 Å². The number of fused-ring (bicyclic) bond motifs is 1. The Kier molecular flexibility index (Phi) is 5.60. The highest BCUT2D eigenvalue weighted by Gasteiger charge is 2.33. The number of amides is 1. The van der Waals surface area contributed by atoms with Crippen LogP contribution in [0.25, 0.3) is 5.69 Å². The molecule has 8 heteroatoms. The topological polar surface area (TPSA) is 73.1 Å². The van der Waals surface area contributed by atoms with Gasteiger partial charge in [-0.2, -0.15) is 4.68 Å². The monoisotopic (exact) mass is 443 g/mol. The van der Waals surface area contributed by atoms with Gasteiger partial charge in [-0.3, -0.25) is 9.69 Å². The van der Waals surface area contributed by atoms with Crippen LogP contribution < -0.4 is 9.64 Å². The van der Waals surface area contributed by atoms with Crippen molar-refractivity contribution >= 4 is 23.4 Å². The number of nitrogens with zero attached hydrogens (tertiary/aromatic N) is 5. The predicted molar refractivity (Wildman–Crippen MR) is 123 cm³/mol. The minimum absolute atomic E-state index is 0.0288. The summed E-state index contributed by atoms with van der Waals surface area (Å²) in [6.45, 7) is 2.41. The fraction of sp³-hybridized carbons (Fsp3) is 0.167. The highest BCUT2D eigenvalue weighted by Crippen LogP contribution is 2.39. The standard InChI is InChI=1S/C24H21N5O2S/c1-17-9-5-6-12-19(17)29-24(25-26-27-29)32-16-23(30)28-20-13-7-8-14-22(20)31-15-21(28)18-10-3-2-4-11-18/h2-14,21H,15-16H2,1H3. The van der Waals surface area contributed by atoms with Crippen molar-refractivity contribution in [3.05, 3.63) is 90.0 Å². The van der Waals surface area contributed by atoms with Crippen LogP contribution in [0.4, 0.5) is 5.69 Å². The normalized spacial score (nSPS) is 15.2. The van der Waals surface area contributed by atoms with Gasteiger partial charge < -0.3 is 4.74 Å². The molecule has 5 rings (SSSR count). The molecule has 32 heavy (non-hydrogen) atoms. The van der Waals surface area contributed by atoms with E-state index in [2.05, 4.69) is 15.5 Å². The highest BCUT2D eigenvalue weighted by atomic mass is 32.2. The van der Waals surface area contributed by atoms with Gasteiger partial charge >= 0.3 is 0 Å². The number of hydrogen-bond acceptors (Lipinski definition) is 6. The van der Waals surface area contributed by atoms with Crippen molar-refractivity contribution in [2.45, 2.75) is 18.1 Å². The van der Waals surface area contributed by atoms with Crippen LogP contribution in [0.2, 0.25) is 0 Å². The maximum atomic E-state index is 13.5. The molecule has 0 N–H and O–H groups in total. The van der Waals surface area contributed by atoms with Crippen LogP contribution in [0.15, 0.2) is 84.0 Å². The number of tetrazole rings is 1. The van der Waals surface area contributed by atoms with Crippen molar-refractivity contribution in [1.82, 2.24) is 20.2 Å². The lowest BCUT2D eigenvalue weighted by Gasteiger charge is -2.37. The number of benzene rings is 3. The second-order valence-electron chi connectivity index (χ2n) is 7.42. The van der Waals surface area contributed by atoms with Gasteiger partial charge in [0.25, 0.3) is 0 Å². The molecule has 7 nitrogen and oxygen atoms in total. The van der Waals surface area contributed by atoms with Crippen molar-refractivity contribution in [2.24, 2.45) is 0 Å². The molecule has 0 aliphatic carbocycles. The number of carbonyl (C=O) groups is 1. The number of thioether (sulfide) groups is 1. The molecule has 0 radical (unpaired) electrons. The zero-order valence-corrected chi connectivity index (χ0v) is 18.3. The lowest BCUT2D eigenvalue weighted by Crippen LogP contribution is -2.42. The SMILES string of the molecule is Cc1ccccc1-n1nnnc1SCC(=O)N1c2ccccc2OCC1c1ccccc1. The van der Waals surface area contributed by atoms with Crippen LogP contribution in [-0.4, -0.2) is 38.5 Å². The first-order valence-corrected chi connectivity index (χ1v) is 11.3. The molecule has 0 fully saturated rings. The minimum atomic E-state index is -0.202. The number of rotatable bonds is 5. The predicted octanol–water partition coefficient (Wildman–Crippen LogP) is 4.23. The summed E-state index contributed by atoms with van der Waals surface area (Å²) < 4.78 is 7.65. The van der Waals surface area contributed by atoms with Gasteiger partial charge in [-0.15, -0.1) is 5.10 Å². The molecule has 1 amide bonds. The summed E-state index contributed by atoms with van der Waals surface area (Å²) in [5, 5.41) is 12.7. The Balaban J connectivity index is 1.42. The van der Waals surface area contributed by atoms with E-state index in [0.29, 0.717) is 17.5 Å². The highest BCUT2D eigenvalue weighted by molar-refractivity contribution is 7.99. The molecule has 1 atom stereocenters. The fourth-order valence-corrected chi connectivity index (χ4v) is 4.58. The Morgan fingerprint density at radius 3 is 2.53 bits per heavy atom. The summed E-state index contributed by atoms with van der Waals surface area (Å²) in [5.74, 6) is 0.880. The molecule has 0 bridgehead atoms. The third-order valence-corrected chi connectivity index (χ3v) is 6.30. The third-order valence-electron chi connectivity index (χ3n) is 5.40. The third kappa shape index (κ3) is 3.85. The zero-order valence-electron chi connectivity index (χ0n) is 17.5. The van der Waals surface area contributed by atoms with Crippen LogP contribution in [0.3, 0.4) is 0 Å². The second-order valence-corrected chi connectivity index (χ2v) is 8.36. The van der Waals surface area contributed by atoms with Gasteiger partial charge in [0.2, 0.25) is 11.1 Å². The molecular weight excluding hydrogens is 422 g/mol. The maximum Gasteiger partial charge on any atom is 0.238 e. The van der Waals surface area contributed by atoms with Gasteiger partial charge in [-0.25, -0.2) is 0 Å². The first-order valence-electron chi connectivity index (χ1n) is 10.3. The molecule has 2 heterocycles. The van der Waals surface area contributed by atoms with Crippen LogP contribution >= 0.6 is 11.8 Å². The van der Waals surface area contributed by atoms with E-state index in [1.54, 1.807) is 4.68 Å². The number of ether oxygens (including phenoxy) is 1. The molecule has 1 aliphatic rings. The van der Waals surface area contributed by atoms with Crippen molar-refractivity contribution in [3.63, 3.8) is 0 Å². The molecule has 1 unspecified atom stereocenters. The molecule has 0 saturated carbocycles. The second kappa shape index (κ2) is 8.84. The Bertz CT molecular complexity index is 1240. The Labute approximate surface area is 190 Å². The number of carbonyl (C=O) groups excluding carboxylic acids is 1. The van der Waals surface area contributed by atoms with E-state index in [9.17, 15) is 4.79 Å². The van der Waals surface area contributed by atoms with Crippen molar-refractivity contribution in [2.75, 3.05) is 17.3 Å². The van der Waals surface area contributed by atoms with E-state index < -0.39 is 0 Å². The van der Waals surface area contributed by atoms with E-state index in [1.165, 1.54) is 11.8 Å². The van der Waals surface area contributed by atoms with Gasteiger partial charge in [0, 0.05) is 0 Å². The number of hydrogen-bond donors (Lipinski definition) is 0. The number of aromatic nitrogens is 4. The van der Waals surface area contributed by atoms with E-state index >= 15 is 0 Å². The fourth-order valence-electron chi connectivity index (χ4n) is 3.84. The largest absolute Gasteiger partial charge is 0.489 e. The number of para-hydroxylation sites is 3. The smallest absolute Gasteiger partial charge is 0.238 e. The molecule has 160 valence electrons. The summed E-state index contributed by atoms with van der Waals surface area (Å²) >= 11 is 1.33. The Hall–Kier alpha value is -3.65. The average Bonchev–Trinajstić information content (AvgIpc) is 3.31.